The molecule has 142 valence electrons. The number of nitrogens with zero attached hydrogens (tertiary/aromatic N) is 2. The van der Waals surface area contributed by atoms with Gasteiger partial charge in [0.15, 0.2) is 0 Å². The summed E-state index contributed by atoms with van der Waals surface area (Å²) in [6.45, 7) is 4.43. The third-order valence-corrected chi connectivity index (χ3v) is 5.33. The van der Waals surface area contributed by atoms with Gasteiger partial charge in [0.05, 0.1) is 0 Å². The summed E-state index contributed by atoms with van der Waals surface area (Å²) in [5.74, 6) is 0.0269. The summed E-state index contributed by atoms with van der Waals surface area (Å²) in [5, 5.41) is 5.85. The van der Waals surface area contributed by atoms with Gasteiger partial charge < -0.3 is 15.5 Å². The fourth-order valence-corrected chi connectivity index (χ4v) is 3.84. The van der Waals surface area contributed by atoms with Crippen LogP contribution in [-0.2, 0) is 11.3 Å². The van der Waals surface area contributed by atoms with Gasteiger partial charge in [-0.2, -0.15) is 0 Å². The second kappa shape index (κ2) is 9.57. The largest absolute Gasteiger partial charge is 0.354 e. The Hall–Kier alpha value is -2.08. The monoisotopic (exact) mass is 358 g/mol. The Morgan fingerprint density at radius 3 is 2.85 bits per heavy atom. The molecule has 0 saturated carbocycles. The van der Waals surface area contributed by atoms with Crippen LogP contribution in [-0.4, -0.2) is 60.5 Å². The quantitative estimate of drug-likeness (QED) is 0.846. The minimum absolute atomic E-state index is 0.0269. The van der Waals surface area contributed by atoms with Crippen molar-refractivity contribution < 1.29 is 9.59 Å². The molecule has 3 amide bonds. The highest BCUT2D eigenvalue weighted by Crippen LogP contribution is 2.21. The van der Waals surface area contributed by atoms with Gasteiger partial charge in [-0.05, 0) is 31.4 Å². The summed E-state index contributed by atoms with van der Waals surface area (Å²) < 4.78 is 0. The molecule has 2 aliphatic heterocycles. The molecule has 1 aromatic rings. The van der Waals surface area contributed by atoms with Crippen molar-refractivity contribution in [3.8, 4) is 0 Å². The molecule has 0 radical (unpaired) electrons. The minimum atomic E-state index is -0.0491. The van der Waals surface area contributed by atoms with E-state index in [1.165, 1.54) is 24.8 Å². The lowest BCUT2D eigenvalue weighted by molar-refractivity contribution is -0.120. The zero-order chi connectivity index (χ0) is 18.2. The molecule has 0 spiro atoms. The molecule has 0 bridgehead atoms. The number of piperidine rings is 1. The lowest BCUT2D eigenvalue weighted by atomic mass is 9.98. The van der Waals surface area contributed by atoms with Gasteiger partial charge in [-0.3, -0.25) is 9.69 Å². The Bertz CT molecular complexity index is 593. The average molecular weight is 358 g/mol. The summed E-state index contributed by atoms with van der Waals surface area (Å²) in [7, 11) is 0. The van der Waals surface area contributed by atoms with Crippen LogP contribution >= 0.6 is 0 Å². The molecule has 2 heterocycles. The standard InChI is InChI=1S/C20H30N4O2/c25-19-10-14-23(15-12-21-19)20(26)22-11-9-18-8-4-5-13-24(18)16-17-6-2-1-3-7-17/h1-3,6-7,18H,4-5,8-16H2,(H,21,25)(H,22,26)/t18-/m1/s1. The number of nitrogens with one attached hydrogen (secondary N) is 2. The number of carbonyl (C=O) groups excluding carboxylic acids is 2. The van der Waals surface area contributed by atoms with Crippen LogP contribution in [0.3, 0.4) is 0 Å². The van der Waals surface area contributed by atoms with Gasteiger partial charge in [0.25, 0.3) is 0 Å². The van der Waals surface area contributed by atoms with E-state index in [0.29, 0.717) is 38.6 Å². The van der Waals surface area contributed by atoms with Gasteiger partial charge in [-0.15, -0.1) is 0 Å². The Morgan fingerprint density at radius 2 is 2.00 bits per heavy atom. The van der Waals surface area contributed by atoms with E-state index in [9.17, 15) is 9.59 Å². The first kappa shape index (κ1) is 18.7. The van der Waals surface area contributed by atoms with Crippen LogP contribution in [0.25, 0.3) is 0 Å². The summed E-state index contributed by atoms with van der Waals surface area (Å²) in [5.41, 5.74) is 1.35. The number of benzene rings is 1. The molecule has 1 atom stereocenters. The van der Waals surface area contributed by atoms with Crippen LogP contribution in [0.15, 0.2) is 30.3 Å². The highest BCUT2D eigenvalue weighted by Gasteiger charge is 2.23. The van der Waals surface area contributed by atoms with E-state index in [1.807, 2.05) is 0 Å². The van der Waals surface area contributed by atoms with Crippen molar-refractivity contribution in [3.05, 3.63) is 35.9 Å². The van der Waals surface area contributed by atoms with E-state index in [1.54, 1.807) is 4.90 Å². The van der Waals surface area contributed by atoms with Crippen LogP contribution in [0.2, 0.25) is 0 Å². The van der Waals surface area contributed by atoms with E-state index in [-0.39, 0.29) is 11.9 Å². The maximum Gasteiger partial charge on any atom is 0.317 e. The maximum absolute atomic E-state index is 12.3. The Balaban J connectivity index is 1.44. The predicted octanol–water partition coefficient (Wildman–Crippen LogP) is 1.96. The smallest absolute Gasteiger partial charge is 0.317 e. The number of hydrogen-bond acceptors (Lipinski definition) is 3. The highest BCUT2D eigenvalue weighted by atomic mass is 16.2. The summed E-state index contributed by atoms with van der Waals surface area (Å²) in [6.07, 6.45) is 5.09. The molecule has 6 heteroatoms. The third kappa shape index (κ3) is 5.46. The molecule has 2 aliphatic rings. The average Bonchev–Trinajstić information content (AvgIpc) is 2.88. The fraction of sp³-hybridized carbons (Fsp3) is 0.600. The fourth-order valence-electron chi connectivity index (χ4n) is 3.84. The topological polar surface area (TPSA) is 64.7 Å². The number of hydrogen-bond donors (Lipinski definition) is 2. The SMILES string of the molecule is O=C1CCN(C(=O)NCC[C@H]2CCCCN2Cc2ccccc2)CCN1. The van der Waals surface area contributed by atoms with Crippen LogP contribution in [0.4, 0.5) is 4.79 Å². The Kier molecular flexibility index (Phi) is 6.89. The molecular weight excluding hydrogens is 328 g/mol. The van der Waals surface area contributed by atoms with E-state index in [0.717, 1.165) is 19.5 Å². The summed E-state index contributed by atoms with van der Waals surface area (Å²) in [6, 6.07) is 11.1. The van der Waals surface area contributed by atoms with Crippen LogP contribution in [0.1, 0.15) is 37.7 Å². The predicted molar refractivity (Wildman–Crippen MR) is 102 cm³/mol. The zero-order valence-corrected chi connectivity index (χ0v) is 15.5. The number of amides is 3. The Labute approximate surface area is 155 Å². The molecule has 0 unspecified atom stereocenters. The number of urea groups is 1. The van der Waals surface area contributed by atoms with Crippen molar-refractivity contribution in [2.75, 3.05) is 32.7 Å². The molecule has 2 saturated heterocycles. The molecule has 3 rings (SSSR count). The van der Waals surface area contributed by atoms with Gasteiger partial charge in [-0.25, -0.2) is 4.79 Å². The number of likely N-dealkylation sites (tertiary alicyclic amines) is 1. The summed E-state index contributed by atoms with van der Waals surface area (Å²) >= 11 is 0. The third-order valence-electron chi connectivity index (χ3n) is 5.33. The molecule has 2 N–H and O–H groups in total. The van der Waals surface area contributed by atoms with E-state index >= 15 is 0 Å². The summed E-state index contributed by atoms with van der Waals surface area (Å²) in [4.78, 5) is 28.0. The van der Waals surface area contributed by atoms with Gasteiger partial charge in [0.1, 0.15) is 0 Å². The molecular formula is C20H30N4O2. The first-order valence-electron chi connectivity index (χ1n) is 9.80. The van der Waals surface area contributed by atoms with Crippen molar-refractivity contribution in [1.29, 1.82) is 0 Å². The van der Waals surface area contributed by atoms with Crippen molar-refractivity contribution in [2.24, 2.45) is 0 Å². The minimum Gasteiger partial charge on any atom is -0.354 e. The molecule has 6 nitrogen and oxygen atoms in total. The van der Waals surface area contributed by atoms with Crippen molar-refractivity contribution in [1.82, 2.24) is 20.4 Å². The van der Waals surface area contributed by atoms with Crippen LogP contribution in [0.5, 0.6) is 0 Å². The molecule has 2 fully saturated rings. The van der Waals surface area contributed by atoms with Gasteiger partial charge in [0, 0.05) is 45.2 Å². The van der Waals surface area contributed by atoms with Crippen LogP contribution < -0.4 is 10.6 Å². The molecule has 26 heavy (non-hydrogen) atoms. The van der Waals surface area contributed by atoms with E-state index < -0.39 is 0 Å². The normalized spacial score (nSPS) is 21.8. The van der Waals surface area contributed by atoms with Gasteiger partial charge >= 0.3 is 6.03 Å². The highest BCUT2D eigenvalue weighted by molar-refractivity contribution is 5.79. The zero-order valence-electron chi connectivity index (χ0n) is 15.5. The molecule has 0 aliphatic carbocycles. The first-order valence-corrected chi connectivity index (χ1v) is 9.80. The lowest BCUT2D eigenvalue weighted by Gasteiger charge is -2.36. The van der Waals surface area contributed by atoms with E-state index in [2.05, 4.69) is 45.9 Å². The second-order valence-corrected chi connectivity index (χ2v) is 7.21. The van der Waals surface area contributed by atoms with Gasteiger partial charge in [0.2, 0.25) is 5.91 Å². The number of carbonyl (C=O) groups is 2. The maximum atomic E-state index is 12.3. The Morgan fingerprint density at radius 1 is 1.15 bits per heavy atom. The first-order chi connectivity index (χ1) is 12.7. The van der Waals surface area contributed by atoms with Crippen molar-refractivity contribution in [3.63, 3.8) is 0 Å². The molecule has 1 aromatic carbocycles. The molecule has 0 aromatic heterocycles. The lowest BCUT2D eigenvalue weighted by Crippen LogP contribution is -2.45. The van der Waals surface area contributed by atoms with Crippen molar-refractivity contribution in [2.45, 2.75) is 44.7 Å². The second-order valence-electron chi connectivity index (χ2n) is 7.21. The van der Waals surface area contributed by atoms with Crippen LogP contribution in [0, 0.1) is 0 Å². The van der Waals surface area contributed by atoms with E-state index in [4.69, 9.17) is 0 Å². The number of rotatable bonds is 5. The van der Waals surface area contributed by atoms with Gasteiger partial charge in [-0.1, -0.05) is 36.8 Å². The van der Waals surface area contributed by atoms with Crippen molar-refractivity contribution >= 4 is 11.9 Å².